The van der Waals surface area contributed by atoms with Gasteiger partial charge in [-0.1, -0.05) is 13.8 Å². The predicted octanol–water partition coefficient (Wildman–Crippen LogP) is 1.79. The van der Waals surface area contributed by atoms with Crippen molar-refractivity contribution in [3.05, 3.63) is 33.7 Å². The summed E-state index contributed by atoms with van der Waals surface area (Å²) in [6.45, 7) is 10.4. The molecule has 0 atom stereocenters. The number of amides is 1. The Morgan fingerprint density at radius 2 is 2.00 bits per heavy atom. The second-order valence-electron chi connectivity index (χ2n) is 7.15. The van der Waals surface area contributed by atoms with Gasteiger partial charge in [0.15, 0.2) is 5.43 Å². The smallest absolute Gasteiger partial charge is 0.256 e. The molecule has 1 aromatic rings. The number of hydrogen-bond acceptors (Lipinski definition) is 3. The number of aromatic nitrogens is 1. The number of aryl methyl sites for hydroxylation is 2. The number of nitrogens with zero attached hydrogens (tertiary/aromatic N) is 2. The Bertz CT molecular complexity index is 599. The molecule has 0 aliphatic carbocycles. The first-order chi connectivity index (χ1) is 10.9. The zero-order valence-corrected chi connectivity index (χ0v) is 14.8. The van der Waals surface area contributed by atoms with Gasteiger partial charge in [-0.15, -0.1) is 0 Å². The van der Waals surface area contributed by atoms with Gasteiger partial charge >= 0.3 is 0 Å². The largest absolute Gasteiger partial charge is 0.354 e. The molecule has 1 fully saturated rings. The molecule has 1 saturated heterocycles. The number of carbonyl (C=O) groups excluding carboxylic acids is 1. The summed E-state index contributed by atoms with van der Waals surface area (Å²) in [5, 5.41) is 2.94. The normalized spacial score (nSPS) is 16.7. The lowest BCUT2D eigenvalue weighted by molar-refractivity contribution is 0.0932. The molecule has 1 aliphatic heterocycles. The Hall–Kier alpha value is -1.62. The fourth-order valence-electron chi connectivity index (χ4n) is 3.12. The highest BCUT2D eigenvalue weighted by atomic mass is 16.2. The first-order valence-electron chi connectivity index (χ1n) is 8.54. The van der Waals surface area contributed by atoms with Crippen LogP contribution >= 0.6 is 0 Å². The Labute approximate surface area is 138 Å². The van der Waals surface area contributed by atoms with Crippen molar-refractivity contribution >= 4 is 5.91 Å². The van der Waals surface area contributed by atoms with Crippen molar-refractivity contribution in [1.82, 2.24) is 14.8 Å². The van der Waals surface area contributed by atoms with Crippen molar-refractivity contribution in [2.45, 2.75) is 33.6 Å². The maximum Gasteiger partial charge on any atom is 0.256 e. The van der Waals surface area contributed by atoms with E-state index in [1.54, 1.807) is 10.8 Å². The van der Waals surface area contributed by atoms with Crippen molar-refractivity contribution in [2.75, 3.05) is 26.2 Å². The minimum absolute atomic E-state index is 0.204. The molecule has 0 bridgehead atoms. The zero-order chi connectivity index (χ0) is 17.0. The van der Waals surface area contributed by atoms with E-state index in [0.717, 1.165) is 38.2 Å². The predicted molar refractivity (Wildman–Crippen MR) is 92.8 cm³/mol. The molecule has 0 aromatic carbocycles. The SMILES string of the molecule is Cc1cc(=O)c(C(=O)NCC2CCN(CC(C)C)CC2)cn1C. The van der Waals surface area contributed by atoms with Crippen molar-refractivity contribution in [1.29, 1.82) is 0 Å². The molecule has 1 N–H and O–H groups in total. The average Bonchev–Trinajstić information content (AvgIpc) is 2.49. The molecular weight excluding hydrogens is 290 g/mol. The lowest BCUT2D eigenvalue weighted by atomic mass is 9.96. The lowest BCUT2D eigenvalue weighted by Gasteiger charge is -2.33. The van der Waals surface area contributed by atoms with Gasteiger partial charge in [0, 0.05) is 38.1 Å². The van der Waals surface area contributed by atoms with Gasteiger partial charge in [-0.05, 0) is 44.7 Å². The van der Waals surface area contributed by atoms with Crippen molar-refractivity contribution in [2.24, 2.45) is 18.9 Å². The molecular formula is C18H29N3O2. The topological polar surface area (TPSA) is 54.3 Å². The molecule has 0 saturated carbocycles. The van der Waals surface area contributed by atoms with E-state index in [1.165, 1.54) is 6.07 Å². The van der Waals surface area contributed by atoms with Gasteiger partial charge in [0.25, 0.3) is 5.91 Å². The number of nitrogens with one attached hydrogen (secondary N) is 1. The number of rotatable bonds is 5. The van der Waals surface area contributed by atoms with E-state index in [9.17, 15) is 9.59 Å². The van der Waals surface area contributed by atoms with E-state index in [4.69, 9.17) is 0 Å². The minimum Gasteiger partial charge on any atom is -0.354 e. The number of piperidine rings is 1. The Kier molecular flexibility index (Phi) is 5.99. The average molecular weight is 319 g/mol. The summed E-state index contributed by atoms with van der Waals surface area (Å²) in [5.41, 5.74) is 0.879. The minimum atomic E-state index is -0.254. The van der Waals surface area contributed by atoms with Crippen LogP contribution < -0.4 is 10.7 Å². The van der Waals surface area contributed by atoms with Crippen LogP contribution in [0.25, 0.3) is 0 Å². The second kappa shape index (κ2) is 7.77. The van der Waals surface area contributed by atoms with E-state index in [1.807, 2.05) is 14.0 Å². The molecule has 23 heavy (non-hydrogen) atoms. The number of carbonyl (C=O) groups is 1. The van der Waals surface area contributed by atoms with Gasteiger partial charge in [-0.2, -0.15) is 0 Å². The molecule has 1 aromatic heterocycles. The number of hydrogen-bond donors (Lipinski definition) is 1. The first-order valence-corrected chi connectivity index (χ1v) is 8.54. The molecule has 1 aliphatic rings. The van der Waals surface area contributed by atoms with Gasteiger partial charge < -0.3 is 14.8 Å². The summed E-state index contributed by atoms with van der Waals surface area (Å²) < 4.78 is 1.81. The van der Waals surface area contributed by atoms with Gasteiger partial charge in [0.05, 0.1) is 0 Å². The summed E-state index contributed by atoms with van der Waals surface area (Å²) in [6, 6.07) is 1.51. The van der Waals surface area contributed by atoms with Crippen molar-refractivity contribution in [3.63, 3.8) is 0 Å². The molecule has 2 heterocycles. The molecule has 1 amide bonds. The van der Waals surface area contributed by atoms with Crippen LogP contribution in [-0.4, -0.2) is 41.6 Å². The van der Waals surface area contributed by atoms with Crippen LogP contribution in [0.1, 0.15) is 42.7 Å². The summed E-state index contributed by atoms with van der Waals surface area (Å²) >= 11 is 0. The van der Waals surface area contributed by atoms with Crippen molar-refractivity contribution < 1.29 is 4.79 Å². The highest BCUT2D eigenvalue weighted by Crippen LogP contribution is 2.17. The maximum absolute atomic E-state index is 12.2. The summed E-state index contributed by atoms with van der Waals surface area (Å²) in [4.78, 5) is 26.7. The van der Waals surface area contributed by atoms with Crippen LogP contribution in [-0.2, 0) is 7.05 Å². The van der Waals surface area contributed by atoms with Crippen LogP contribution in [0.5, 0.6) is 0 Å². The van der Waals surface area contributed by atoms with Gasteiger partial charge in [0.2, 0.25) is 0 Å². The van der Waals surface area contributed by atoms with Crippen LogP contribution in [0, 0.1) is 18.8 Å². The lowest BCUT2D eigenvalue weighted by Crippen LogP contribution is -2.40. The third kappa shape index (κ3) is 4.93. The number of pyridine rings is 1. The highest BCUT2D eigenvalue weighted by molar-refractivity contribution is 5.93. The summed E-state index contributed by atoms with van der Waals surface area (Å²) in [7, 11) is 1.84. The standard InChI is InChI=1S/C18H29N3O2/c1-13(2)11-21-7-5-15(6-8-21)10-19-18(23)16-12-20(4)14(3)9-17(16)22/h9,12-13,15H,5-8,10-11H2,1-4H3,(H,19,23). The fourth-order valence-corrected chi connectivity index (χ4v) is 3.12. The van der Waals surface area contributed by atoms with Gasteiger partial charge in [0.1, 0.15) is 5.56 Å². The molecule has 128 valence electrons. The Morgan fingerprint density at radius 3 is 2.61 bits per heavy atom. The van der Waals surface area contributed by atoms with E-state index < -0.39 is 0 Å². The first kappa shape index (κ1) is 17.7. The van der Waals surface area contributed by atoms with Crippen LogP contribution in [0.2, 0.25) is 0 Å². The second-order valence-corrected chi connectivity index (χ2v) is 7.15. The fraction of sp³-hybridized carbons (Fsp3) is 0.667. The zero-order valence-electron chi connectivity index (χ0n) is 14.8. The monoisotopic (exact) mass is 319 g/mol. The van der Waals surface area contributed by atoms with Crippen LogP contribution in [0.15, 0.2) is 17.1 Å². The molecule has 0 spiro atoms. The van der Waals surface area contributed by atoms with Crippen LogP contribution in [0.4, 0.5) is 0 Å². The highest BCUT2D eigenvalue weighted by Gasteiger charge is 2.20. The maximum atomic E-state index is 12.2. The van der Waals surface area contributed by atoms with E-state index >= 15 is 0 Å². The summed E-state index contributed by atoms with van der Waals surface area (Å²) in [5.74, 6) is 0.955. The molecule has 0 unspecified atom stereocenters. The molecule has 5 nitrogen and oxygen atoms in total. The van der Waals surface area contributed by atoms with Gasteiger partial charge in [-0.25, -0.2) is 0 Å². The van der Waals surface area contributed by atoms with E-state index in [2.05, 4.69) is 24.1 Å². The van der Waals surface area contributed by atoms with E-state index in [-0.39, 0.29) is 16.9 Å². The molecule has 0 radical (unpaired) electrons. The van der Waals surface area contributed by atoms with E-state index in [0.29, 0.717) is 18.4 Å². The Balaban J connectivity index is 1.84. The Morgan fingerprint density at radius 1 is 1.35 bits per heavy atom. The van der Waals surface area contributed by atoms with Crippen molar-refractivity contribution in [3.8, 4) is 0 Å². The third-order valence-electron chi connectivity index (χ3n) is 4.61. The molecule has 2 rings (SSSR count). The van der Waals surface area contributed by atoms with Gasteiger partial charge in [-0.3, -0.25) is 9.59 Å². The number of likely N-dealkylation sites (tertiary alicyclic amines) is 1. The summed E-state index contributed by atoms with van der Waals surface area (Å²) in [6.07, 6.45) is 3.84. The third-order valence-corrected chi connectivity index (χ3v) is 4.61. The van der Waals surface area contributed by atoms with Crippen LogP contribution in [0.3, 0.4) is 0 Å². The molecule has 5 heteroatoms. The quantitative estimate of drug-likeness (QED) is 0.900.